The molecule has 19 heavy (non-hydrogen) atoms. The molecule has 1 aromatic heterocycles. The SMILES string of the molecule is O=C(Nc1ccc(Cl)cc1)c1nc2ccccc2s1. The molecule has 0 radical (unpaired) electrons. The van der Waals surface area contributed by atoms with Crippen LogP contribution in [0.1, 0.15) is 9.80 Å². The molecule has 1 N–H and O–H groups in total. The van der Waals surface area contributed by atoms with Gasteiger partial charge in [-0.3, -0.25) is 4.79 Å². The lowest BCUT2D eigenvalue weighted by atomic mass is 10.3. The van der Waals surface area contributed by atoms with Gasteiger partial charge in [-0.25, -0.2) is 4.98 Å². The number of carbonyl (C=O) groups is 1. The van der Waals surface area contributed by atoms with Gasteiger partial charge in [0.1, 0.15) is 0 Å². The maximum Gasteiger partial charge on any atom is 0.284 e. The molecule has 94 valence electrons. The molecule has 3 nitrogen and oxygen atoms in total. The molecule has 2 aromatic carbocycles. The lowest BCUT2D eigenvalue weighted by Crippen LogP contribution is -2.11. The Labute approximate surface area is 118 Å². The molecule has 1 heterocycles. The van der Waals surface area contributed by atoms with Crippen molar-refractivity contribution in [1.82, 2.24) is 4.98 Å². The predicted molar refractivity (Wildman–Crippen MR) is 79.0 cm³/mol. The summed E-state index contributed by atoms with van der Waals surface area (Å²) in [4.78, 5) is 16.4. The molecular weight excluding hydrogens is 280 g/mol. The number of amides is 1. The van der Waals surface area contributed by atoms with Gasteiger partial charge in [0.05, 0.1) is 10.2 Å². The molecule has 5 heteroatoms. The number of hydrogen-bond acceptors (Lipinski definition) is 3. The third kappa shape index (κ3) is 2.59. The van der Waals surface area contributed by atoms with Gasteiger partial charge in [-0.1, -0.05) is 23.7 Å². The Morgan fingerprint density at radius 2 is 1.84 bits per heavy atom. The normalized spacial score (nSPS) is 10.6. The van der Waals surface area contributed by atoms with Crippen molar-refractivity contribution >= 4 is 44.7 Å². The zero-order chi connectivity index (χ0) is 13.2. The van der Waals surface area contributed by atoms with Crippen molar-refractivity contribution in [3.05, 3.63) is 58.6 Å². The first-order chi connectivity index (χ1) is 9.22. The van der Waals surface area contributed by atoms with Crippen LogP contribution in [-0.4, -0.2) is 10.9 Å². The van der Waals surface area contributed by atoms with E-state index >= 15 is 0 Å². The lowest BCUT2D eigenvalue weighted by Gasteiger charge is -2.02. The minimum atomic E-state index is -0.205. The van der Waals surface area contributed by atoms with Crippen LogP contribution in [0.2, 0.25) is 5.02 Å². The van der Waals surface area contributed by atoms with Crippen LogP contribution in [0, 0.1) is 0 Å². The van der Waals surface area contributed by atoms with Crippen LogP contribution in [0.15, 0.2) is 48.5 Å². The summed E-state index contributed by atoms with van der Waals surface area (Å²) >= 11 is 7.17. The second-order valence-corrected chi connectivity index (χ2v) is 5.41. The van der Waals surface area contributed by atoms with E-state index in [1.807, 2.05) is 24.3 Å². The average molecular weight is 289 g/mol. The number of carbonyl (C=O) groups excluding carboxylic acids is 1. The number of thiazole rings is 1. The largest absolute Gasteiger partial charge is 0.320 e. The van der Waals surface area contributed by atoms with Gasteiger partial charge in [0.25, 0.3) is 5.91 Å². The summed E-state index contributed by atoms with van der Waals surface area (Å²) in [5.41, 5.74) is 1.54. The van der Waals surface area contributed by atoms with Crippen molar-refractivity contribution in [1.29, 1.82) is 0 Å². The van der Waals surface area contributed by atoms with E-state index < -0.39 is 0 Å². The summed E-state index contributed by atoms with van der Waals surface area (Å²) in [6.07, 6.45) is 0. The van der Waals surface area contributed by atoms with Crippen LogP contribution < -0.4 is 5.32 Å². The highest BCUT2D eigenvalue weighted by Gasteiger charge is 2.11. The molecule has 0 bridgehead atoms. The number of nitrogens with one attached hydrogen (secondary N) is 1. The first-order valence-corrected chi connectivity index (χ1v) is 6.84. The van der Waals surface area contributed by atoms with E-state index in [1.54, 1.807) is 24.3 Å². The Hall–Kier alpha value is -1.91. The van der Waals surface area contributed by atoms with Gasteiger partial charge in [0, 0.05) is 10.7 Å². The van der Waals surface area contributed by atoms with Crippen LogP contribution >= 0.6 is 22.9 Å². The number of para-hydroxylation sites is 1. The first-order valence-electron chi connectivity index (χ1n) is 5.65. The molecule has 1 amide bonds. The van der Waals surface area contributed by atoms with Gasteiger partial charge >= 0.3 is 0 Å². The molecule has 3 aromatic rings. The van der Waals surface area contributed by atoms with E-state index in [4.69, 9.17) is 11.6 Å². The highest BCUT2D eigenvalue weighted by molar-refractivity contribution is 7.20. The van der Waals surface area contributed by atoms with E-state index in [-0.39, 0.29) is 5.91 Å². The number of halogens is 1. The fraction of sp³-hybridized carbons (Fsp3) is 0. The number of anilines is 1. The summed E-state index contributed by atoms with van der Waals surface area (Å²) in [6.45, 7) is 0. The first kappa shape index (κ1) is 12.1. The highest BCUT2D eigenvalue weighted by atomic mass is 35.5. The summed E-state index contributed by atoms with van der Waals surface area (Å²) in [5.74, 6) is -0.205. The molecule has 0 aliphatic heterocycles. The van der Waals surface area contributed by atoms with E-state index in [1.165, 1.54) is 11.3 Å². The van der Waals surface area contributed by atoms with Crippen molar-refractivity contribution in [3.8, 4) is 0 Å². The summed E-state index contributed by atoms with van der Waals surface area (Å²) in [6, 6.07) is 14.7. The minimum Gasteiger partial charge on any atom is -0.320 e. The second-order valence-electron chi connectivity index (χ2n) is 3.95. The van der Waals surface area contributed by atoms with Crippen molar-refractivity contribution < 1.29 is 4.79 Å². The minimum absolute atomic E-state index is 0.205. The quantitative estimate of drug-likeness (QED) is 0.768. The van der Waals surface area contributed by atoms with Crippen molar-refractivity contribution in [2.75, 3.05) is 5.32 Å². The number of benzene rings is 2. The smallest absolute Gasteiger partial charge is 0.284 e. The summed E-state index contributed by atoms with van der Waals surface area (Å²) in [7, 11) is 0. The van der Waals surface area contributed by atoms with E-state index in [0.29, 0.717) is 15.7 Å². The number of hydrogen-bond donors (Lipinski definition) is 1. The number of nitrogens with zero attached hydrogens (tertiary/aromatic N) is 1. The fourth-order valence-corrected chi connectivity index (χ4v) is 2.67. The number of aromatic nitrogens is 1. The Morgan fingerprint density at radius 3 is 2.58 bits per heavy atom. The summed E-state index contributed by atoms with van der Waals surface area (Å²) in [5, 5.41) is 3.89. The molecule has 0 fully saturated rings. The molecule has 0 atom stereocenters. The van der Waals surface area contributed by atoms with Crippen LogP contribution in [0.4, 0.5) is 5.69 Å². The molecular formula is C14H9ClN2OS. The van der Waals surface area contributed by atoms with E-state index in [9.17, 15) is 4.79 Å². The maximum absolute atomic E-state index is 12.1. The molecule has 0 unspecified atom stereocenters. The Balaban J connectivity index is 1.85. The predicted octanol–water partition coefficient (Wildman–Crippen LogP) is 4.20. The fourth-order valence-electron chi connectivity index (χ4n) is 1.69. The second kappa shape index (κ2) is 4.99. The molecule has 3 rings (SSSR count). The van der Waals surface area contributed by atoms with Crippen LogP contribution in [-0.2, 0) is 0 Å². The van der Waals surface area contributed by atoms with Crippen molar-refractivity contribution in [3.63, 3.8) is 0 Å². The average Bonchev–Trinajstić information content (AvgIpc) is 2.85. The standard InChI is InChI=1S/C14H9ClN2OS/c15-9-5-7-10(8-6-9)16-13(18)14-17-11-3-1-2-4-12(11)19-14/h1-8H,(H,16,18). The molecule has 0 spiro atoms. The number of rotatable bonds is 2. The number of fused-ring (bicyclic) bond motifs is 1. The highest BCUT2D eigenvalue weighted by Crippen LogP contribution is 2.22. The van der Waals surface area contributed by atoms with Gasteiger partial charge in [0.2, 0.25) is 0 Å². The molecule has 0 aliphatic rings. The summed E-state index contributed by atoms with van der Waals surface area (Å²) < 4.78 is 1.00. The van der Waals surface area contributed by atoms with Gasteiger partial charge in [-0.2, -0.15) is 0 Å². The van der Waals surface area contributed by atoms with Crippen LogP contribution in [0.5, 0.6) is 0 Å². The zero-order valence-corrected chi connectivity index (χ0v) is 11.3. The van der Waals surface area contributed by atoms with Crippen molar-refractivity contribution in [2.45, 2.75) is 0 Å². The maximum atomic E-state index is 12.1. The molecule has 0 saturated heterocycles. The van der Waals surface area contributed by atoms with Crippen LogP contribution in [0.25, 0.3) is 10.2 Å². The van der Waals surface area contributed by atoms with Crippen LogP contribution in [0.3, 0.4) is 0 Å². The lowest BCUT2D eigenvalue weighted by molar-refractivity contribution is 0.102. The van der Waals surface area contributed by atoms with Gasteiger partial charge in [0.15, 0.2) is 5.01 Å². The third-order valence-electron chi connectivity index (χ3n) is 2.59. The monoisotopic (exact) mass is 288 g/mol. The van der Waals surface area contributed by atoms with Crippen molar-refractivity contribution in [2.24, 2.45) is 0 Å². The zero-order valence-electron chi connectivity index (χ0n) is 9.76. The molecule has 0 saturated carbocycles. The van der Waals surface area contributed by atoms with E-state index in [2.05, 4.69) is 10.3 Å². The Morgan fingerprint density at radius 1 is 1.11 bits per heavy atom. The third-order valence-corrected chi connectivity index (χ3v) is 3.88. The Kier molecular flexibility index (Phi) is 3.19. The van der Waals surface area contributed by atoms with Gasteiger partial charge < -0.3 is 5.32 Å². The Bertz CT molecular complexity index is 704. The topological polar surface area (TPSA) is 42.0 Å². The van der Waals surface area contributed by atoms with Gasteiger partial charge in [-0.05, 0) is 36.4 Å². The van der Waals surface area contributed by atoms with E-state index in [0.717, 1.165) is 10.2 Å². The molecule has 0 aliphatic carbocycles. The van der Waals surface area contributed by atoms with Gasteiger partial charge in [-0.15, -0.1) is 11.3 Å².